The maximum atomic E-state index is 4.33. The third kappa shape index (κ3) is 2.78. The minimum absolute atomic E-state index is 0.595. The molecule has 3 nitrogen and oxygen atoms in total. The summed E-state index contributed by atoms with van der Waals surface area (Å²) in [5.74, 6) is 3.51. The van der Waals surface area contributed by atoms with Gasteiger partial charge in [-0.25, -0.2) is 4.98 Å². The van der Waals surface area contributed by atoms with Crippen molar-refractivity contribution in [2.45, 2.75) is 25.4 Å². The van der Waals surface area contributed by atoms with Gasteiger partial charge in [0, 0.05) is 25.0 Å². The SMILES string of the molecule is C=CCn1ccnc1NC1CCSCC1. The van der Waals surface area contributed by atoms with Crippen LogP contribution in [0.15, 0.2) is 25.0 Å². The second-order valence-electron chi connectivity index (χ2n) is 3.72. The molecule has 0 aliphatic carbocycles. The normalized spacial score (nSPS) is 17.6. The Balaban J connectivity index is 1.96. The number of nitrogens with zero attached hydrogens (tertiary/aromatic N) is 2. The number of hydrogen-bond acceptors (Lipinski definition) is 3. The standard InChI is InChI=1S/C11H17N3S/c1-2-6-14-7-5-12-11(14)13-10-3-8-15-9-4-10/h2,5,7,10H,1,3-4,6,8-9H2,(H,12,13). The van der Waals surface area contributed by atoms with Gasteiger partial charge in [0.05, 0.1) is 0 Å². The van der Waals surface area contributed by atoms with E-state index in [1.165, 1.54) is 24.3 Å². The molecule has 0 bridgehead atoms. The molecule has 1 aliphatic heterocycles. The molecule has 1 fully saturated rings. The number of anilines is 1. The molecule has 0 radical (unpaired) electrons. The van der Waals surface area contributed by atoms with Crippen LogP contribution < -0.4 is 5.32 Å². The van der Waals surface area contributed by atoms with Gasteiger partial charge in [-0.3, -0.25) is 0 Å². The molecule has 1 N–H and O–H groups in total. The Morgan fingerprint density at radius 1 is 1.60 bits per heavy atom. The Hall–Kier alpha value is -0.900. The smallest absolute Gasteiger partial charge is 0.203 e. The number of thioether (sulfide) groups is 1. The predicted octanol–water partition coefficient (Wildman–Crippen LogP) is 2.38. The molecular formula is C11H17N3S. The summed E-state index contributed by atoms with van der Waals surface area (Å²) in [5, 5.41) is 3.50. The molecule has 1 aliphatic rings. The van der Waals surface area contributed by atoms with Crippen LogP contribution in [-0.4, -0.2) is 27.1 Å². The fraction of sp³-hybridized carbons (Fsp3) is 0.545. The average Bonchev–Trinajstić information content (AvgIpc) is 2.68. The second-order valence-corrected chi connectivity index (χ2v) is 4.95. The largest absolute Gasteiger partial charge is 0.353 e. The summed E-state index contributed by atoms with van der Waals surface area (Å²) < 4.78 is 2.09. The predicted molar refractivity (Wildman–Crippen MR) is 66.4 cm³/mol. The number of rotatable bonds is 4. The van der Waals surface area contributed by atoms with E-state index in [9.17, 15) is 0 Å². The van der Waals surface area contributed by atoms with E-state index in [1.807, 2.05) is 30.2 Å². The zero-order valence-electron chi connectivity index (χ0n) is 8.85. The Morgan fingerprint density at radius 3 is 3.13 bits per heavy atom. The number of imidazole rings is 1. The first-order valence-electron chi connectivity index (χ1n) is 5.36. The molecule has 1 saturated heterocycles. The third-order valence-corrected chi connectivity index (χ3v) is 3.64. The van der Waals surface area contributed by atoms with Crippen molar-refractivity contribution in [2.75, 3.05) is 16.8 Å². The molecule has 0 spiro atoms. The molecule has 0 unspecified atom stereocenters. The van der Waals surface area contributed by atoms with E-state index in [1.54, 1.807) is 0 Å². The van der Waals surface area contributed by atoms with Gasteiger partial charge >= 0.3 is 0 Å². The monoisotopic (exact) mass is 223 g/mol. The summed E-state index contributed by atoms with van der Waals surface area (Å²) in [7, 11) is 0. The number of nitrogens with one attached hydrogen (secondary N) is 1. The Bertz CT molecular complexity index is 315. The lowest BCUT2D eigenvalue weighted by molar-refractivity contribution is 0.650. The zero-order chi connectivity index (χ0) is 10.5. The van der Waals surface area contributed by atoms with E-state index in [0.29, 0.717) is 6.04 Å². The molecule has 0 aromatic carbocycles. The van der Waals surface area contributed by atoms with Gasteiger partial charge in [-0.1, -0.05) is 6.08 Å². The molecule has 15 heavy (non-hydrogen) atoms. The van der Waals surface area contributed by atoms with Crippen molar-refractivity contribution in [1.29, 1.82) is 0 Å². The first-order chi connectivity index (χ1) is 7.40. The van der Waals surface area contributed by atoms with E-state index in [2.05, 4.69) is 21.4 Å². The summed E-state index contributed by atoms with van der Waals surface area (Å²) in [5.41, 5.74) is 0. The van der Waals surface area contributed by atoms with Gasteiger partial charge in [-0.05, 0) is 24.3 Å². The third-order valence-electron chi connectivity index (χ3n) is 2.60. The van der Waals surface area contributed by atoms with Crippen LogP contribution in [0.25, 0.3) is 0 Å². The minimum atomic E-state index is 0.595. The Kier molecular flexibility index (Phi) is 3.72. The lowest BCUT2D eigenvalue weighted by Crippen LogP contribution is -2.26. The summed E-state index contributed by atoms with van der Waals surface area (Å²) in [6.07, 6.45) is 8.20. The highest BCUT2D eigenvalue weighted by Gasteiger charge is 2.14. The van der Waals surface area contributed by atoms with Crippen LogP contribution in [0.5, 0.6) is 0 Å². The molecule has 4 heteroatoms. The van der Waals surface area contributed by atoms with Crippen molar-refractivity contribution in [2.24, 2.45) is 0 Å². The summed E-state index contributed by atoms with van der Waals surface area (Å²) in [6.45, 7) is 4.57. The van der Waals surface area contributed by atoms with Crippen molar-refractivity contribution in [3.05, 3.63) is 25.0 Å². The highest BCUT2D eigenvalue weighted by Crippen LogP contribution is 2.20. The minimum Gasteiger partial charge on any atom is -0.353 e. The van der Waals surface area contributed by atoms with Gasteiger partial charge in [0.2, 0.25) is 5.95 Å². The van der Waals surface area contributed by atoms with Crippen molar-refractivity contribution in [1.82, 2.24) is 9.55 Å². The molecule has 1 aromatic heterocycles. The molecule has 2 rings (SSSR count). The van der Waals surface area contributed by atoms with Crippen LogP contribution in [0, 0.1) is 0 Å². The second kappa shape index (κ2) is 5.26. The fourth-order valence-corrected chi connectivity index (χ4v) is 2.87. The van der Waals surface area contributed by atoms with E-state index in [-0.39, 0.29) is 0 Å². The maximum absolute atomic E-state index is 4.33. The molecule has 82 valence electrons. The van der Waals surface area contributed by atoms with Gasteiger partial charge < -0.3 is 9.88 Å². The highest BCUT2D eigenvalue weighted by atomic mass is 32.2. The Labute approximate surface area is 95.0 Å². The molecule has 0 saturated carbocycles. The quantitative estimate of drug-likeness (QED) is 0.795. The van der Waals surface area contributed by atoms with Gasteiger partial charge in [-0.2, -0.15) is 11.8 Å². The van der Waals surface area contributed by atoms with Crippen LogP contribution in [0.3, 0.4) is 0 Å². The van der Waals surface area contributed by atoms with Crippen molar-refractivity contribution in [3.63, 3.8) is 0 Å². The van der Waals surface area contributed by atoms with Crippen LogP contribution in [0.1, 0.15) is 12.8 Å². The Morgan fingerprint density at radius 2 is 2.40 bits per heavy atom. The van der Waals surface area contributed by atoms with Crippen LogP contribution >= 0.6 is 11.8 Å². The first-order valence-corrected chi connectivity index (χ1v) is 6.52. The van der Waals surface area contributed by atoms with Crippen molar-refractivity contribution < 1.29 is 0 Å². The van der Waals surface area contributed by atoms with Gasteiger partial charge in [-0.15, -0.1) is 6.58 Å². The van der Waals surface area contributed by atoms with Crippen molar-refractivity contribution >= 4 is 17.7 Å². The molecule has 1 aromatic rings. The zero-order valence-corrected chi connectivity index (χ0v) is 9.67. The van der Waals surface area contributed by atoms with Gasteiger partial charge in [0.25, 0.3) is 0 Å². The topological polar surface area (TPSA) is 29.9 Å². The van der Waals surface area contributed by atoms with Crippen molar-refractivity contribution in [3.8, 4) is 0 Å². The van der Waals surface area contributed by atoms with E-state index in [4.69, 9.17) is 0 Å². The van der Waals surface area contributed by atoms with E-state index >= 15 is 0 Å². The summed E-state index contributed by atoms with van der Waals surface area (Å²) in [6, 6.07) is 0.595. The van der Waals surface area contributed by atoms with Gasteiger partial charge in [0.1, 0.15) is 0 Å². The summed E-state index contributed by atoms with van der Waals surface area (Å²) >= 11 is 2.04. The van der Waals surface area contributed by atoms with E-state index in [0.717, 1.165) is 12.5 Å². The van der Waals surface area contributed by atoms with Crippen LogP contribution in [-0.2, 0) is 6.54 Å². The van der Waals surface area contributed by atoms with Crippen LogP contribution in [0.2, 0.25) is 0 Å². The highest BCUT2D eigenvalue weighted by molar-refractivity contribution is 7.99. The number of aromatic nitrogens is 2. The average molecular weight is 223 g/mol. The molecule has 0 amide bonds. The molecule has 0 atom stereocenters. The fourth-order valence-electron chi connectivity index (χ4n) is 1.76. The lowest BCUT2D eigenvalue weighted by Gasteiger charge is -2.23. The van der Waals surface area contributed by atoms with E-state index < -0.39 is 0 Å². The summed E-state index contributed by atoms with van der Waals surface area (Å²) in [4.78, 5) is 4.33. The molecular weight excluding hydrogens is 206 g/mol. The first kappa shape index (κ1) is 10.6. The van der Waals surface area contributed by atoms with Gasteiger partial charge in [0.15, 0.2) is 0 Å². The maximum Gasteiger partial charge on any atom is 0.203 e. The number of allylic oxidation sites excluding steroid dienone is 1. The number of hydrogen-bond donors (Lipinski definition) is 1. The molecule has 2 heterocycles. The lowest BCUT2D eigenvalue weighted by atomic mass is 10.2. The van der Waals surface area contributed by atoms with Crippen LogP contribution in [0.4, 0.5) is 5.95 Å².